The van der Waals surface area contributed by atoms with E-state index in [0.29, 0.717) is 0 Å². The van der Waals surface area contributed by atoms with Crippen molar-refractivity contribution in [3.05, 3.63) is 6.17 Å². The standard InChI is InChI=1S/C9F17/c10-1-2(11,12)4(15,16)6(19,20)8(23,24)9(25,26)7(21,22)5(17,18)3(1,13)14. The molecule has 0 amide bonds. The first-order valence-corrected chi connectivity index (χ1v) is 5.46. The fraction of sp³-hybridized carbons (Fsp3) is 0.889. The van der Waals surface area contributed by atoms with E-state index in [-0.39, 0.29) is 0 Å². The monoisotopic (exact) mass is 431 g/mol. The van der Waals surface area contributed by atoms with E-state index in [0.717, 1.165) is 0 Å². The van der Waals surface area contributed by atoms with Gasteiger partial charge in [0.05, 0.1) is 0 Å². The molecule has 26 heavy (non-hydrogen) atoms. The van der Waals surface area contributed by atoms with Crippen LogP contribution in [0.1, 0.15) is 0 Å². The second-order valence-electron chi connectivity index (χ2n) is 4.91. The Morgan fingerprint density at radius 2 is 0.462 bits per heavy atom. The molecule has 1 aliphatic rings. The van der Waals surface area contributed by atoms with Crippen LogP contribution in [0.3, 0.4) is 0 Å². The molecule has 1 fully saturated rings. The Bertz CT molecular complexity index is 521. The third-order valence-corrected chi connectivity index (χ3v) is 3.31. The van der Waals surface area contributed by atoms with Crippen LogP contribution < -0.4 is 0 Å². The quantitative estimate of drug-likeness (QED) is 0.440. The average Bonchev–Trinajstić information content (AvgIpc) is 2.43. The fourth-order valence-corrected chi connectivity index (χ4v) is 1.66. The molecule has 0 aliphatic heterocycles. The lowest BCUT2D eigenvalue weighted by molar-refractivity contribution is -0.439. The van der Waals surface area contributed by atoms with Gasteiger partial charge in [-0.3, -0.25) is 0 Å². The second-order valence-corrected chi connectivity index (χ2v) is 4.91. The van der Waals surface area contributed by atoms with E-state index >= 15 is 0 Å². The molecule has 1 aliphatic carbocycles. The minimum absolute atomic E-state index is 5.65. The summed E-state index contributed by atoms with van der Waals surface area (Å²) in [5, 5.41) is 0. The number of halogens is 17. The van der Waals surface area contributed by atoms with Gasteiger partial charge in [0.25, 0.3) is 6.17 Å². The number of rotatable bonds is 0. The van der Waals surface area contributed by atoms with E-state index in [1.54, 1.807) is 0 Å². The van der Waals surface area contributed by atoms with E-state index in [9.17, 15) is 74.6 Å². The van der Waals surface area contributed by atoms with Crippen LogP contribution >= 0.6 is 0 Å². The summed E-state index contributed by atoms with van der Waals surface area (Å²) in [6.07, 6.45) is -5.65. The van der Waals surface area contributed by atoms with E-state index in [4.69, 9.17) is 0 Å². The smallest absolute Gasteiger partial charge is 0.226 e. The number of hydrogen-bond acceptors (Lipinski definition) is 0. The largest absolute Gasteiger partial charge is 0.385 e. The van der Waals surface area contributed by atoms with Crippen LogP contribution in [0.4, 0.5) is 74.6 Å². The van der Waals surface area contributed by atoms with Crippen molar-refractivity contribution in [3.8, 4) is 0 Å². The number of hydrogen-bond donors (Lipinski definition) is 0. The lowest BCUT2D eigenvalue weighted by Crippen LogP contribution is -2.72. The third kappa shape index (κ3) is 1.99. The Hall–Kier alpha value is -1.19. The Morgan fingerprint density at radius 3 is 0.654 bits per heavy atom. The van der Waals surface area contributed by atoms with E-state index in [1.165, 1.54) is 0 Å². The zero-order valence-electron chi connectivity index (χ0n) is 10.9. The van der Waals surface area contributed by atoms with Gasteiger partial charge in [0.1, 0.15) is 0 Å². The topological polar surface area (TPSA) is 0 Å². The van der Waals surface area contributed by atoms with Crippen LogP contribution in [0.15, 0.2) is 0 Å². The zero-order valence-corrected chi connectivity index (χ0v) is 10.9. The molecule has 0 atom stereocenters. The summed E-state index contributed by atoms with van der Waals surface area (Å²) in [5.41, 5.74) is 0. The Kier molecular flexibility index (Phi) is 4.39. The van der Waals surface area contributed by atoms with Crippen LogP contribution in [0.5, 0.6) is 0 Å². The molecule has 17 heteroatoms. The summed E-state index contributed by atoms with van der Waals surface area (Å²) in [5.74, 6) is -66.3. The Labute approximate surface area is 129 Å². The van der Waals surface area contributed by atoms with Crippen LogP contribution in [-0.2, 0) is 0 Å². The van der Waals surface area contributed by atoms with Crippen molar-refractivity contribution in [2.24, 2.45) is 0 Å². The van der Waals surface area contributed by atoms with Crippen LogP contribution in [0, 0.1) is 6.17 Å². The van der Waals surface area contributed by atoms with Gasteiger partial charge >= 0.3 is 47.4 Å². The maximum atomic E-state index is 12.9. The predicted molar refractivity (Wildman–Crippen MR) is 43.9 cm³/mol. The number of alkyl halides is 16. The van der Waals surface area contributed by atoms with E-state index in [2.05, 4.69) is 0 Å². The lowest BCUT2D eigenvalue weighted by atomic mass is 9.91. The van der Waals surface area contributed by atoms with Crippen molar-refractivity contribution >= 4 is 0 Å². The van der Waals surface area contributed by atoms with Gasteiger partial charge in [0.15, 0.2) is 0 Å². The molecule has 0 spiro atoms. The summed E-state index contributed by atoms with van der Waals surface area (Å²) in [4.78, 5) is 0. The molecule has 0 saturated heterocycles. The molecular weight excluding hydrogens is 431 g/mol. The van der Waals surface area contributed by atoms with Gasteiger partial charge in [-0.1, -0.05) is 0 Å². The first kappa shape index (κ1) is 22.9. The molecule has 0 aromatic heterocycles. The SMILES string of the molecule is F[C]1C(F)(F)C(F)(F)C(F)(F)C(F)(F)C(F)(F)C(F)(F)C(F)(F)C1(F)F. The highest BCUT2D eigenvalue weighted by Crippen LogP contribution is 2.69. The Balaban J connectivity index is 4.14. The second kappa shape index (κ2) is 4.99. The molecule has 1 saturated carbocycles. The van der Waals surface area contributed by atoms with Gasteiger partial charge in [-0.2, -0.15) is 70.2 Å². The van der Waals surface area contributed by atoms with Crippen molar-refractivity contribution in [2.75, 3.05) is 0 Å². The normalized spacial score (nSPS) is 33.6. The molecule has 0 unspecified atom stereocenters. The van der Waals surface area contributed by atoms with E-state index in [1.807, 2.05) is 0 Å². The summed E-state index contributed by atoms with van der Waals surface area (Å²) in [7, 11) is 0. The lowest BCUT2D eigenvalue weighted by Gasteiger charge is -2.40. The molecule has 1 radical (unpaired) electrons. The van der Waals surface area contributed by atoms with Crippen molar-refractivity contribution in [1.29, 1.82) is 0 Å². The first-order chi connectivity index (χ1) is 10.9. The predicted octanol–water partition coefficient (Wildman–Crippen LogP) is 5.58. The first-order valence-electron chi connectivity index (χ1n) is 5.46. The van der Waals surface area contributed by atoms with Gasteiger partial charge in [0, 0.05) is 0 Å². The molecule has 0 heterocycles. The van der Waals surface area contributed by atoms with Gasteiger partial charge in [0.2, 0.25) is 0 Å². The highest BCUT2D eigenvalue weighted by atomic mass is 19.4. The highest BCUT2D eigenvalue weighted by molar-refractivity contribution is 5.26. The molecule has 0 aromatic carbocycles. The fourth-order valence-electron chi connectivity index (χ4n) is 1.66. The summed E-state index contributed by atoms with van der Waals surface area (Å²) >= 11 is 0. The van der Waals surface area contributed by atoms with Gasteiger partial charge in [-0.05, 0) is 0 Å². The summed E-state index contributed by atoms with van der Waals surface area (Å²) < 4.78 is 220. The average molecular weight is 431 g/mol. The van der Waals surface area contributed by atoms with Gasteiger partial charge in [-0.15, -0.1) is 0 Å². The van der Waals surface area contributed by atoms with E-state index < -0.39 is 53.6 Å². The molecule has 0 bridgehead atoms. The molecule has 1 rings (SSSR count). The summed E-state index contributed by atoms with van der Waals surface area (Å²) in [6, 6.07) is 0. The molecular formula is C9F17. The third-order valence-electron chi connectivity index (χ3n) is 3.31. The molecule has 0 aromatic rings. The molecule has 0 nitrogen and oxygen atoms in total. The summed E-state index contributed by atoms with van der Waals surface area (Å²) in [6.45, 7) is 0. The maximum absolute atomic E-state index is 12.9. The van der Waals surface area contributed by atoms with Crippen LogP contribution in [0.25, 0.3) is 0 Å². The molecule has 0 N–H and O–H groups in total. The molecule has 155 valence electrons. The van der Waals surface area contributed by atoms with Crippen molar-refractivity contribution in [2.45, 2.75) is 47.4 Å². The van der Waals surface area contributed by atoms with Crippen LogP contribution in [-0.4, -0.2) is 47.4 Å². The van der Waals surface area contributed by atoms with Crippen molar-refractivity contribution in [1.82, 2.24) is 0 Å². The zero-order chi connectivity index (χ0) is 21.6. The van der Waals surface area contributed by atoms with Crippen molar-refractivity contribution in [3.63, 3.8) is 0 Å². The van der Waals surface area contributed by atoms with Crippen LogP contribution in [0.2, 0.25) is 0 Å². The minimum atomic E-state index is -8.47. The Morgan fingerprint density at radius 1 is 0.308 bits per heavy atom. The maximum Gasteiger partial charge on any atom is 0.385 e. The van der Waals surface area contributed by atoms with Gasteiger partial charge < -0.3 is 0 Å². The van der Waals surface area contributed by atoms with Gasteiger partial charge in [-0.25, -0.2) is 4.39 Å². The van der Waals surface area contributed by atoms with Crippen molar-refractivity contribution < 1.29 is 74.6 Å². The minimum Gasteiger partial charge on any atom is -0.226 e. The highest BCUT2D eigenvalue weighted by Gasteiger charge is 2.99.